The van der Waals surface area contributed by atoms with Crippen LogP contribution in [-0.4, -0.2) is 56.3 Å². The molecule has 0 spiro atoms. The van der Waals surface area contributed by atoms with Crippen LogP contribution in [0.25, 0.3) is 0 Å². The summed E-state index contributed by atoms with van der Waals surface area (Å²) >= 11 is 0. The number of hydrogen-bond acceptors (Lipinski definition) is 8. The third-order valence-corrected chi connectivity index (χ3v) is 4.74. The van der Waals surface area contributed by atoms with E-state index in [9.17, 15) is 14.4 Å². The Hall–Kier alpha value is -4.18. The summed E-state index contributed by atoms with van der Waals surface area (Å²) in [5.74, 6) is -0.737. The van der Waals surface area contributed by atoms with Gasteiger partial charge < -0.3 is 19.6 Å². The van der Waals surface area contributed by atoms with Crippen LogP contribution < -0.4 is 20.4 Å². The zero-order valence-corrected chi connectivity index (χ0v) is 18.5. The maximum absolute atomic E-state index is 12.9. The van der Waals surface area contributed by atoms with Crippen LogP contribution in [-0.2, 0) is 20.8 Å². The summed E-state index contributed by atoms with van der Waals surface area (Å²) in [6.45, 7) is 0.259. The largest absolute Gasteiger partial charge is 0.493 e. The number of benzene rings is 2. The lowest BCUT2D eigenvalue weighted by Gasteiger charge is -2.11. The Balaban J connectivity index is 1.76. The van der Waals surface area contributed by atoms with Gasteiger partial charge in [0.1, 0.15) is 11.4 Å². The van der Waals surface area contributed by atoms with Crippen molar-refractivity contribution >= 4 is 23.5 Å². The zero-order chi connectivity index (χ0) is 23.8. The Morgan fingerprint density at radius 2 is 1.85 bits per heavy atom. The first-order valence-corrected chi connectivity index (χ1v) is 10.0. The number of nitrogens with one attached hydrogen (secondary N) is 2. The molecule has 0 aromatic heterocycles. The highest BCUT2D eigenvalue weighted by Gasteiger charge is 2.26. The van der Waals surface area contributed by atoms with Gasteiger partial charge in [-0.25, -0.2) is 9.79 Å². The first-order valence-electron chi connectivity index (χ1n) is 10.0. The minimum absolute atomic E-state index is 0.0321. The van der Waals surface area contributed by atoms with Gasteiger partial charge in [-0.3, -0.25) is 14.6 Å². The van der Waals surface area contributed by atoms with Crippen molar-refractivity contribution in [3.8, 4) is 11.5 Å². The third kappa shape index (κ3) is 5.95. The smallest absolute Gasteiger partial charge is 0.376 e. The maximum Gasteiger partial charge on any atom is 0.376 e. The van der Waals surface area contributed by atoms with E-state index in [1.807, 2.05) is 12.1 Å². The summed E-state index contributed by atoms with van der Waals surface area (Å²) in [4.78, 5) is 46.0. The van der Waals surface area contributed by atoms with Crippen molar-refractivity contribution in [2.24, 2.45) is 4.99 Å². The standard InChI is InChI=1S/C23H24N4O6/c1-27-18(23(30)33-26-27)14-17(25-21(28)16-7-5-4-6-8-16)22(29)24-12-11-15-9-10-19(31-2)20(13-15)32-3/h4-10,13-14,26H,11-12H2,1-3H3,(H,24,29)/b18-14-,25-17?. The molecule has 2 N–H and O–H groups in total. The van der Waals surface area contributed by atoms with Crippen molar-refractivity contribution in [3.05, 3.63) is 71.4 Å². The van der Waals surface area contributed by atoms with Crippen LogP contribution in [0.15, 0.2) is 65.3 Å². The van der Waals surface area contributed by atoms with Crippen molar-refractivity contribution in [1.82, 2.24) is 15.9 Å². The number of carbonyl (C=O) groups excluding carboxylic acids is 3. The molecular weight excluding hydrogens is 428 g/mol. The van der Waals surface area contributed by atoms with Gasteiger partial charge in [0, 0.05) is 25.2 Å². The Bertz CT molecular complexity index is 1100. The number of hydrazine groups is 1. The molecule has 2 aromatic rings. The predicted molar refractivity (Wildman–Crippen MR) is 120 cm³/mol. The van der Waals surface area contributed by atoms with Crippen LogP contribution in [0, 0.1) is 0 Å². The lowest BCUT2D eigenvalue weighted by Crippen LogP contribution is -2.33. The predicted octanol–water partition coefficient (Wildman–Crippen LogP) is 1.44. The van der Waals surface area contributed by atoms with E-state index in [1.165, 1.54) is 18.1 Å². The molecule has 0 atom stereocenters. The van der Waals surface area contributed by atoms with Crippen LogP contribution in [0.1, 0.15) is 15.9 Å². The lowest BCUT2D eigenvalue weighted by atomic mass is 10.1. The van der Waals surface area contributed by atoms with E-state index in [0.717, 1.165) is 5.56 Å². The van der Waals surface area contributed by atoms with Gasteiger partial charge >= 0.3 is 5.97 Å². The highest BCUT2D eigenvalue weighted by atomic mass is 16.7. The number of methoxy groups -OCH3 is 2. The first-order chi connectivity index (χ1) is 15.9. The SMILES string of the molecule is COc1ccc(CCNC(=O)C(/C=C2/C(=O)ONN2C)=NC(=O)c2ccccc2)cc1OC. The molecule has 33 heavy (non-hydrogen) atoms. The number of aliphatic imine (C=N–C) groups is 1. The topological polar surface area (TPSA) is 119 Å². The molecule has 0 bridgehead atoms. The number of carbonyl (C=O) groups is 3. The Labute approximate surface area is 190 Å². The molecule has 2 aromatic carbocycles. The summed E-state index contributed by atoms with van der Waals surface area (Å²) < 4.78 is 10.5. The molecule has 10 nitrogen and oxygen atoms in total. The van der Waals surface area contributed by atoms with E-state index >= 15 is 0 Å². The normalized spacial score (nSPS) is 14.8. The molecule has 1 heterocycles. The van der Waals surface area contributed by atoms with Crippen LogP contribution in [0.3, 0.4) is 0 Å². The summed E-state index contributed by atoms with van der Waals surface area (Å²) in [5.41, 5.74) is 3.39. The molecule has 2 amide bonds. The van der Waals surface area contributed by atoms with Gasteiger partial charge in [0.25, 0.3) is 11.8 Å². The Kier molecular flexibility index (Phi) is 7.77. The molecule has 1 aliphatic heterocycles. The van der Waals surface area contributed by atoms with Crippen molar-refractivity contribution < 1.29 is 28.7 Å². The van der Waals surface area contributed by atoms with E-state index in [1.54, 1.807) is 50.6 Å². The van der Waals surface area contributed by atoms with Crippen LogP contribution >= 0.6 is 0 Å². The number of nitrogens with zero attached hydrogens (tertiary/aromatic N) is 2. The van der Waals surface area contributed by atoms with E-state index in [-0.39, 0.29) is 18.0 Å². The molecule has 1 aliphatic rings. The van der Waals surface area contributed by atoms with E-state index < -0.39 is 17.8 Å². The second-order valence-corrected chi connectivity index (χ2v) is 6.93. The fraction of sp³-hybridized carbons (Fsp3) is 0.217. The van der Waals surface area contributed by atoms with E-state index in [2.05, 4.69) is 15.9 Å². The molecule has 3 rings (SSSR count). The van der Waals surface area contributed by atoms with Gasteiger partial charge in [-0.05, 0) is 36.2 Å². The second kappa shape index (κ2) is 10.9. The molecule has 0 radical (unpaired) electrons. The van der Waals surface area contributed by atoms with Crippen LogP contribution in [0.2, 0.25) is 0 Å². The molecule has 0 unspecified atom stereocenters. The van der Waals surface area contributed by atoms with E-state index in [4.69, 9.17) is 14.3 Å². The monoisotopic (exact) mass is 452 g/mol. The summed E-state index contributed by atoms with van der Waals surface area (Å²) in [7, 11) is 4.63. The quantitative estimate of drug-likeness (QED) is 0.456. The van der Waals surface area contributed by atoms with Crippen LogP contribution in [0.4, 0.5) is 0 Å². The minimum atomic E-state index is -0.699. The molecule has 10 heteroatoms. The fourth-order valence-corrected chi connectivity index (χ4v) is 2.98. The number of likely N-dealkylation sites (N-methyl/N-ethyl adjacent to an activating group) is 1. The zero-order valence-electron chi connectivity index (χ0n) is 18.5. The fourth-order valence-electron chi connectivity index (χ4n) is 2.98. The van der Waals surface area contributed by atoms with Gasteiger partial charge in [-0.1, -0.05) is 29.9 Å². The number of hydrogen-bond donors (Lipinski definition) is 2. The molecule has 0 saturated carbocycles. The average molecular weight is 452 g/mol. The number of amides is 2. The minimum Gasteiger partial charge on any atom is -0.493 e. The van der Waals surface area contributed by atoms with E-state index in [0.29, 0.717) is 23.5 Å². The average Bonchev–Trinajstić information content (AvgIpc) is 3.15. The van der Waals surface area contributed by atoms with Crippen LogP contribution in [0.5, 0.6) is 11.5 Å². The van der Waals surface area contributed by atoms with Gasteiger partial charge in [-0.2, -0.15) is 0 Å². The van der Waals surface area contributed by atoms with Crippen molar-refractivity contribution in [3.63, 3.8) is 0 Å². The van der Waals surface area contributed by atoms with Crippen molar-refractivity contribution in [1.29, 1.82) is 0 Å². The van der Waals surface area contributed by atoms with Gasteiger partial charge in [0.05, 0.1) is 14.2 Å². The van der Waals surface area contributed by atoms with Gasteiger partial charge in [0.2, 0.25) is 0 Å². The van der Waals surface area contributed by atoms with Gasteiger partial charge in [-0.15, -0.1) is 0 Å². The molecule has 1 saturated heterocycles. The first kappa shape index (κ1) is 23.5. The molecule has 172 valence electrons. The van der Waals surface area contributed by atoms with Crippen molar-refractivity contribution in [2.45, 2.75) is 6.42 Å². The summed E-state index contributed by atoms with van der Waals surface area (Å²) in [6.07, 6.45) is 1.70. The summed E-state index contributed by atoms with van der Waals surface area (Å²) in [6, 6.07) is 13.8. The second-order valence-electron chi connectivity index (χ2n) is 6.93. The Morgan fingerprint density at radius 3 is 2.48 bits per heavy atom. The number of rotatable bonds is 8. The summed E-state index contributed by atoms with van der Waals surface area (Å²) in [5, 5.41) is 4.01. The lowest BCUT2D eigenvalue weighted by molar-refractivity contribution is -0.142. The van der Waals surface area contributed by atoms with Gasteiger partial charge in [0.15, 0.2) is 11.5 Å². The molecular formula is C23H24N4O6. The highest BCUT2D eigenvalue weighted by Crippen LogP contribution is 2.27. The maximum atomic E-state index is 12.9. The molecule has 1 fully saturated rings. The Morgan fingerprint density at radius 1 is 1.12 bits per heavy atom. The molecule has 0 aliphatic carbocycles. The third-order valence-electron chi connectivity index (χ3n) is 4.74. The highest BCUT2D eigenvalue weighted by molar-refractivity contribution is 6.45. The number of ether oxygens (including phenoxy) is 2. The van der Waals surface area contributed by atoms with Crippen molar-refractivity contribution in [2.75, 3.05) is 27.8 Å².